The number of hydrogen-bond acceptors (Lipinski definition) is 5. The number of rotatable bonds is 4. The van der Waals surface area contributed by atoms with Crippen LogP contribution in [-0.4, -0.2) is 17.6 Å². The van der Waals surface area contributed by atoms with Crippen LogP contribution < -0.4 is 0 Å². The fourth-order valence-corrected chi connectivity index (χ4v) is 1.98. The number of aromatic nitrogens is 1. The van der Waals surface area contributed by atoms with E-state index in [1.54, 1.807) is 6.92 Å². The van der Waals surface area contributed by atoms with Crippen LogP contribution in [0.3, 0.4) is 0 Å². The molecule has 19 heavy (non-hydrogen) atoms. The molecular weight excluding hydrogens is 276 g/mol. The minimum atomic E-state index is -0.956. The van der Waals surface area contributed by atoms with E-state index in [2.05, 4.69) is 4.98 Å². The van der Waals surface area contributed by atoms with E-state index in [0.29, 0.717) is 4.90 Å². The van der Waals surface area contributed by atoms with Gasteiger partial charge in [0.05, 0.1) is 6.61 Å². The summed E-state index contributed by atoms with van der Waals surface area (Å²) in [6.07, 6.45) is 1.15. The van der Waals surface area contributed by atoms with Gasteiger partial charge in [-0.1, -0.05) is 0 Å². The van der Waals surface area contributed by atoms with Gasteiger partial charge in [0.2, 0.25) is 0 Å². The van der Waals surface area contributed by atoms with Gasteiger partial charge >= 0.3 is 5.97 Å². The van der Waals surface area contributed by atoms with Crippen LogP contribution in [-0.2, 0) is 4.74 Å². The molecule has 2 aromatic rings. The molecule has 0 amide bonds. The smallest absolute Gasteiger partial charge is 0.360 e. The number of halogens is 2. The Bertz CT molecular complexity index is 600. The summed E-state index contributed by atoms with van der Waals surface area (Å²) < 4.78 is 35.5. The molecule has 7 heteroatoms. The van der Waals surface area contributed by atoms with Gasteiger partial charge in [0.15, 0.2) is 17.3 Å². The molecule has 0 aliphatic carbocycles. The van der Waals surface area contributed by atoms with E-state index in [1.807, 2.05) is 0 Å². The number of nitrogens with zero attached hydrogens (tertiary/aromatic N) is 1. The van der Waals surface area contributed by atoms with E-state index in [4.69, 9.17) is 9.15 Å². The third-order valence-corrected chi connectivity index (χ3v) is 2.92. The Morgan fingerprint density at radius 3 is 2.89 bits per heavy atom. The fourth-order valence-electron chi connectivity index (χ4n) is 1.24. The lowest BCUT2D eigenvalue weighted by molar-refractivity contribution is 0.0519. The van der Waals surface area contributed by atoms with Crippen molar-refractivity contribution < 1.29 is 22.7 Å². The monoisotopic (exact) mass is 285 g/mol. The Kier molecular flexibility index (Phi) is 4.16. The van der Waals surface area contributed by atoms with Crippen molar-refractivity contribution in [1.29, 1.82) is 0 Å². The zero-order chi connectivity index (χ0) is 13.8. The van der Waals surface area contributed by atoms with E-state index in [0.717, 1.165) is 30.2 Å². The van der Waals surface area contributed by atoms with Crippen molar-refractivity contribution >= 4 is 17.7 Å². The predicted octanol–water partition coefficient (Wildman–Crippen LogP) is 3.28. The molecule has 1 aromatic carbocycles. The van der Waals surface area contributed by atoms with Gasteiger partial charge in [-0.05, 0) is 36.9 Å². The number of benzene rings is 1. The van der Waals surface area contributed by atoms with Crippen LogP contribution in [0.4, 0.5) is 8.78 Å². The third kappa shape index (κ3) is 3.31. The summed E-state index contributed by atoms with van der Waals surface area (Å²) >= 11 is 0.975. The second-order valence-corrected chi connectivity index (χ2v) is 4.42. The Balaban J connectivity index is 2.11. The van der Waals surface area contributed by atoms with Crippen molar-refractivity contribution in [3.63, 3.8) is 0 Å². The van der Waals surface area contributed by atoms with Crippen LogP contribution in [0, 0.1) is 11.6 Å². The topological polar surface area (TPSA) is 52.3 Å². The van der Waals surface area contributed by atoms with Crippen LogP contribution >= 0.6 is 11.8 Å². The summed E-state index contributed by atoms with van der Waals surface area (Å²) in [7, 11) is 0. The second kappa shape index (κ2) is 5.83. The van der Waals surface area contributed by atoms with Gasteiger partial charge in [-0.2, -0.15) is 4.98 Å². The molecule has 0 saturated carbocycles. The van der Waals surface area contributed by atoms with Crippen molar-refractivity contribution in [2.45, 2.75) is 17.0 Å². The van der Waals surface area contributed by atoms with Crippen LogP contribution in [0.1, 0.15) is 17.4 Å². The van der Waals surface area contributed by atoms with Crippen molar-refractivity contribution in [2.24, 2.45) is 0 Å². The highest BCUT2D eigenvalue weighted by Crippen LogP contribution is 2.28. The summed E-state index contributed by atoms with van der Waals surface area (Å²) in [4.78, 5) is 15.6. The summed E-state index contributed by atoms with van der Waals surface area (Å²) in [6, 6.07) is 3.42. The molecule has 0 unspecified atom stereocenters. The van der Waals surface area contributed by atoms with E-state index in [9.17, 15) is 13.6 Å². The lowest BCUT2D eigenvalue weighted by atomic mass is 10.3. The van der Waals surface area contributed by atoms with Crippen LogP contribution in [0.25, 0.3) is 0 Å². The first kappa shape index (κ1) is 13.5. The Morgan fingerprint density at radius 2 is 2.21 bits per heavy atom. The molecule has 0 radical (unpaired) electrons. The average Bonchev–Trinajstić information content (AvgIpc) is 2.83. The number of carbonyl (C=O) groups is 1. The number of hydrogen-bond donors (Lipinski definition) is 0. The molecule has 0 spiro atoms. The van der Waals surface area contributed by atoms with Crippen molar-refractivity contribution in [2.75, 3.05) is 6.61 Å². The Morgan fingerprint density at radius 1 is 1.42 bits per heavy atom. The molecular formula is C12H9F2NO3S. The standard InChI is InChI=1S/C12H9F2NO3S/c1-2-17-11(16)10-6-18-12(15-10)19-7-3-4-8(13)9(14)5-7/h3-6H,2H2,1H3. The van der Waals surface area contributed by atoms with Crippen molar-refractivity contribution in [3.8, 4) is 0 Å². The molecule has 0 bridgehead atoms. The van der Waals surface area contributed by atoms with Gasteiger partial charge in [-0.15, -0.1) is 0 Å². The maximum Gasteiger partial charge on any atom is 0.360 e. The molecule has 0 N–H and O–H groups in total. The zero-order valence-corrected chi connectivity index (χ0v) is 10.7. The molecule has 4 nitrogen and oxygen atoms in total. The maximum atomic E-state index is 13.0. The summed E-state index contributed by atoms with van der Waals surface area (Å²) in [5.74, 6) is -2.48. The van der Waals surface area contributed by atoms with Crippen LogP contribution in [0.5, 0.6) is 0 Å². The van der Waals surface area contributed by atoms with Crippen LogP contribution in [0.15, 0.2) is 39.0 Å². The number of oxazole rings is 1. The predicted molar refractivity (Wildman–Crippen MR) is 62.9 cm³/mol. The van der Waals surface area contributed by atoms with Gasteiger partial charge in [0.1, 0.15) is 6.26 Å². The minimum Gasteiger partial charge on any atom is -0.461 e. The van der Waals surface area contributed by atoms with E-state index in [-0.39, 0.29) is 17.5 Å². The quantitative estimate of drug-likeness (QED) is 0.807. The van der Waals surface area contributed by atoms with E-state index < -0.39 is 17.6 Å². The van der Waals surface area contributed by atoms with Gasteiger partial charge in [0, 0.05) is 4.90 Å². The third-order valence-electron chi connectivity index (χ3n) is 2.06. The fraction of sp³-hybridized carbons (Fsp3) is 0.167. The zero-order valence-electron chi connectivity index (χ0n) is 9.85. The lowest BCUT2D eigenvalue weighted by Gasteiger charge is -1.98. The first-order chi connectivity index (χ1) is 9.10. The minimum absolute atomic E-state index is 0.0342. The van der Waals surface area contributed by atoms with Gasteiger partial charge in [-0.25, -0.2) is 13.6 Å². The number of esters is 1. The molecule has 0 saturated heterocycles. The summed E-state index contributed by atoms with van der Waals surface area (Å²) in [5, 5.41) is 0.147. The molecule has 2 rings (SSSR count). The normalized spacial score (nSPS) is 10.5. The molecule has 0 aliphatic heterocycles. The van der Waals surface area contributed by atoms with E-state index >= 15 is 0 Å². The van der Waals surface area contributed by atoms with Crippen molar-refractivity contribution in [1.82, 2.24) is 4.98 Å². The first-order valence-electron chi connectivity index (χ1n) is 5.35. The van der Waals surface area contributed by atoms with Gasteiger partial charge in [-0.3, -0.25) is 0 Å². The Labute approximate surface area is 111 Å². The second-order valence-electron chi connectivity index (χ2n) is 3.40. The molecule has 0 aliphatic rings. The lowest BCUT2D eigenvalue weighted by Crippen LogP contribution is -2.04. The van der Waals surface area contributed by atoms with Crippen LogP contribution in [0.2, 0.25) is 0 Å². The average molecular weight is 285 g/mol. The molecule has 1 heterocycles. The van der Waals surface area contributed by atoms with Gasteiger partial charge < -0.3 is 9.15 Å². The largest absolute Gasteiger partial charge is 0.461 e. The Hall–Kier alpha value is -1.89. The van der Waals surface area contributed by atoms with Crippen molar-refractivity contribution in [3.05, 3.63) is 41.8 Å². The summed E-state index contributed by atoms with van der Waals surface area (Å²) in [6.45, 7) is 1.91. The maximum absolute atomic E-state index is 13.0. The highest BCUT2D eigenvalue weighted by Gasteiger charge is 2.14. The van der Waals surface area contributed by atoms with Gasteiger partial charge in [0.25, 0.3) is 5.22 Å². The molecule has 0 fully saturated rings. The highest BCUT2D eigenvalue weighted by atomic mass is 32.2. The SMILES string of the molecule is CCOC(=O)c1coc(Sc2ccc(F)c(F)c2)n1. The molecule has 0 atom stereocenters. The van der Waals surface area contributed by atoms with E-state index in [1.165, 1.54) is 6.07 Å². The molecule has 1 aromatic heterocycles. The molecule has 100 valence electrons. The summed E-state index contributed by atoms with van der Waals surface area (Å²) in [5.41, 5.74) is 0.0342. The number of ether oxygens (including phenoxy) is 1. The first-order valence-corrected chi connectivity index (χ1v) is 6.17. The number of carbonyl (C=O) groups excluding carboxylic acids is 1. The highest BCUT2D eigenvalue weighted by molar-refractivity contribution is 7.99.